The van der Waals surface area contributed by atoms with Gasteiger partial charge in [-0.15, -0.1) is 0 Å². The van der Waals surface area contributed by atoms with Crippen LogP contribution in [-0.2, 0) is 22.4 Å². The summed E-state index contributed by atoms with van der Waals surface area (Å²) in [6.07, 6.45) is 1.42. The Morgan fingerprint density at radius 1 is 1.39 bits per heavy atom. The fraction of sp³-hybridized carbons (Fsp3) is 0.833. The van der Waals surface area contributed by atoms with Crippen molar-refractivity contribution in [2.24, 2.45) is 5.92 Å². The Labute approximate surface area is 108 Å². The molecule has 1 rings (SSSR count). The summed E-state index contributed by atoms with van der Waals surface area (Å²) in [7, 11) is 1.62. The molecule has 0 aliphatic heterocycles. The Bertz CT molecular complexity index is 328. The van der Waals surface area contributed by atoms with Crippen molar-refractivity contribution in [1.82, 2.24) is 14.8 Å². The molecule has 0 radical (unpaired) electrons. The van der Waals surface area contributed by atoms with Gasteiger partial charge in [0, 0.05) is 20.1 Å². The van der Waals surface area contributed by atoms with Crippen LogP contribution in [0.1, 0.15) is 19.7 Å². The quantitative estimate of drug-likeness (QED) is 0.652. The predicted octanol–water partition coefficient (Wildman–Crippen LogP) is 0.500. The number of rotatable bonds is 9. The van der Waals surface area contributed by atoms with E-state index >= 15 is 0 Å². The van der Waals surface area contributed by atoms with E-state index in [4.69, 9.17) is 9.47 Å². The minimum absolute atomic E-state index is 0.290. The van der Waals surface area contributed by atoms with E-state index < -0.39 is 6.10 Å². The molecule has 18 heavy (non-hydrogen) atoms. The zero-order valence-corrected chi connectivity index (χ0v) is 11.4. The van der Waals surface area contributed by atoms with Gasteiger partial charge in [0.2, 0.25) is 0 Å². The molecule has 6 heteroatoms. The summed E-state index contributed by atoms with van der Waals surface area (Å²) in [4.78, 5) is 4.17. The third-order valence-corrected chi connectivity index (χ3v) is 2.39. The van der Waals surface area contributed by atoms with Gasteiger partial charge in [0.05, 0.1) is 25.9 Å². The van der Waals surface area contributed by atoms with E-state index in [0.717, 1.165) is 12.4 Å². The Hall–Kier alpha value is -0.980. The molecule has 6 nitrogen and oxygen atoms in total. The Morgan fingerprint density at radius 3 is 2.83 bits per heavy atom. The zero-order valence-electron chi connectivity index (χ0n) is 11.4. The molecular formula is C12H23N3O3. The van der Waals surface area contributed by atoms with Crippen LogP contribution in [0.4, 0.5) is 0 Å². The highest BCUT2D eigenvalue weighted by Crippen LogP contribution is 2.04. The Morgan fingerprint density at radius 2 is 2.17 bits per heavy atom. The number of nitrogens with zero attached hydrogens (tertiary/aromatic N) is 3. The van der Waals surface area contributed by atoms with Crippen LogP contribution in [0.15, 0.2) is 6.33 Å². The number of methoxy groups -OCH3 is 1. The van der Waals surface area contributed by atoms with Crippen molar-refractivity contribution in [2.45, 2.75) is 32.9 Å². The molecule has 0 amide bonds. The molecule has 1 aromatic heterocycles. The molecule has 104 valence electrons. The van der Waals surface area contributed by atoms with Crippen LogP contribution < -0.4 is 0 Å². The highest BCUT2D eigenvalue weighted by atomic mass is 16.5. The summed E-state index contributed by atoms with van der Waals surface area (Å²) in [5, 5.41) is 14.0. The SMILES string of the molecule is COCCOCC(O)Cc1ncnn1CC(C)C. The standard InChI is InChI=1S/C12H23N3O3/c1-10(2)7-15-12(13-9-14-15)6-11(16)8-18-5-4-17-3/h9-11,16H,4-8H2,1-3H3. The van der Waals surface area contributed by atoms with Crippen LogP contribution in [0, 0.1) is 5.92 Å². The Kier molecular flexibility index (Phi) is 6.85. The van der Waals surface area contributed by atoms with Crippen molar-refractivity contribution >= 4 is 0 Å². The van der Waals surface area contributed by atoms with Crippen LogP contribution in [0.3, 0.4) is 0 Å². The number of aliphatic hydroxyl groups is 1. The molecule has 1 aromatic rings. The van der Waals surface area contributed by atoms with Crippen molar-refractivity contribution < 1.29 is 14.6 Å². The highest BCUT2D eigenvalue weighted by molar-refractivity contribution is 4.87. The van der Waals surface area contributed by atoms with Gasteiger partial charge in [-0.1, -0.05) is 13.8 Å². The average molecular weight is 257 g/mol. The molecule has 0 bridgehead atoms. The van der Waals surface area contributed by atoms with Gasteiger partial charge < -0.3 is 14.6 Å². The fourth-order valence-corrected chi connectivity index (χ4v) is 1.58. The summed E-state index contributed by atoms with van der Waals surface area (Å²) in [5.41, 5.74) is 0. The van der Waals surface area contributed by atoms with Crippen molar-refractivity contribution in [3.8, 4) is 0 Å². The molecule has 0 saturated heterocycles. The van der Waals surface area contributed by atoms with Gasteiger partial charge in [0.1, 0.15) is 12.2 Å². The largest absolute Gasteiger partial charge is 0.390 e. The van der Waals surface area contributed by atoms with Crippen LogP contribution in [0.2, 0.25) is 0 Å². The molecule has 0 fully saturated rings. The summed E-state index contributed by atoms with van der Waals surface area (Å²) in [6, 6.07) is 0. The monoisotopic (exact) mass is 257 g/mol. The molecule has 1 atom stereocenters. The minimum atomic E-state index is -0.558. The summed E-state index contributed by atoms with van der Waals surface area (Å²) >= 11 is 0. The maximum atomic E-state index is 9.83. The average Bonchev–Trinajstić information content (AvgIpc) is 2.71. The van der Waals surface area contributed by atoms with E-state index in [1.807, 2.05) is 4.68 Å². The number of aromatic nitrogens is 3. The molecule has 0 aliphatic rings. The van der Waals surface area contributed by atoms with Gasteiger partial charge in [-0.2, -0.15) is 5.10 Å². The van der Waals surface area contributed by atoms with Gasteiger partial charge in [-0.25, -0.2) is 9.67 Å². The first-order chi connectivity index (χ1) is 8.63. The van der Waals surface area contributed by atoms with E-state index in [0.29, 0.717) is 25.6 Å². The zero-order chi connectivity index (χ0) is 13.4. The van der Waals surface area contributed by atoms with Gasteiger partial charge in [-0.3, -0.25) is 0 Å². The maximum absolute atomic E-state index is 9.83. The topological polar surface area (TPSA) is 69.4 Å². The van der Waals surface area contributed by atoms with Crippen LogP contribution in [0.25, 0.3) is 0 Å². The van der Waals surface area contributed by atoms with Gasteiger partial charge in [0.15, 0.2) is 0 Å². The summed E-state index contributed by atoms with van der Waals surface area (Å²) in [6.45, 7) is 6.37. The first kappa shape index (κ1) is 15.1. The predicted molar refractivity (Wildman–Crippen MR) is 67.3 cm³/mol. The lowest BCUT2D eigenvalue weighted by molar-refractivity contribution is 0.0126. The van der Waals surface area contributed by atoms with E-state index in [2.05, 4.69) is 23.9 Å². The van der Waals surface area contributed by atoms with Gasteiger partial charge in [-0.05, 0) is 5.92 Å². The van der Waals surface area contributed by atoms with E-state index in [9.17, 15) is 5.11 Å². The smallest absolute Gasteiger partial charge is 0.138 e. The van der Waals surface area contributed by atoms with Crippen LogP contribution in [-0.4, -0.2) is 52.9 Å². The molecule has 0 spiro atoms. The van der Waals surface area contributed by atoms with Crippen molar-refractivity contribution in [2.75, 3.05) is 26.9 Å². The first-order valence-electron chi connectivity index (χ1n) is 6.25. The summed E-state index contributed by atoms with van der Waals surface area (Å²) < 4.78 is 12.0. The molecular weight excluding hydrogens is 234 g/mol. The lowest BCUT2D eigenvalue weighted by Crippen LogP contribution is -2.22. The maximum Gasteiger partial charge on any atom is 0.138 e. The minimum Gasteiger partial charge on any atom is -0.390 e. The number of hydrogen-bond acceptors (Lipinski definition) is 5. The third-order valence-electron chi connectivity index (χ3n) is 2.39. The molecule has 1 heterocycles. The van der Waals surface area contributed by atoms with Crippen molar-refractivity contribution in [3.63, 3.8) is 0 Å². The van der Waals surface area contributed by atoms with Crippen LogP contribution >= 0.6 is 0 Å². The van der Waals surface area contributed by atoms with E-state index in [-0.39, 0.29) is 6.61 Å². The number of aliphatic hydroxyl groups excluding tert-OH is 1. The second-order valence-corrected chi connectivity index (χ2v) is 4.68. The Balaban J connectivity index is 2.34. The van der Waals surface area contributed by atoms with E-state index in [1.54, 1.807) is 7.11 Å². The first-order valence-corrected chi connectivity index (χ1v) is 6.25. The van der Waals surface area contributed by atoms with Crippen LogP contribution in [0.5, 0.6) is 0 Å². The number of ether oxygens (including phenoxy) is 2. The van der Waals surface area contributed by atoms with Crippen molar-refractivity contribution in [3.05, 3.63) is 12.2 Å². The second-order valence-electron chi connectivity index (χ2n) is 4.68. The lowest BCUT2D eigenvalue weighted by atomic mass is 10.2. The molecule has 0 aromatic carbocycles. The molecule has 1 N–H and O–H groups in total. The second kappa shape index (κ2) is 8.18. The van der Waals surface area contributed by atoms with Gasteiger partial charge >= 0.3 is 0 Å². The molecule has 0 aliphatic carbocycles. The highest BCUT2D eigenvalue weighted by Gasteiger charge is 2.12. The third kappa shape index (κ3) is 5.57. The summed E-state index contributed by atoms with van der Waals surface area (Å²) in [5.74, 6) is 1.30. The molecule has 0 saturated carbocycles. The fourth-order valence-electron chi connectivity index (χ4n) is 1.58. The number of hydrogen-bond donors (Lipinski definition) is 1. The molecule has 1 unspecified atom stereocenters. The lowest BCUT2D eigenvalue weighted by Gasteiger charge is -2.12. The normalized spacial score (nSPS) is 13.2. The van der Waals surface area contributed by atoms with E-state index in [1.165, 1.54) is 6.33 Å². The van der Waals surface area contributed by atoms with Crippen molar-refractivity contribution in [1.29, 1.82) is 0 Å². The van der Waals surface area contributed by atoms with Gasteiger partial charge in [0.25, 0.3) is 0 Å².